The van der Waals surface area contributed by atoms with E-state index < -0.39 is 10.8 Å². The zero-order valence-electron chi connectivity index (χ0n) is 13.7. The monoisotopic (exact) mass is 327 g/mol. The maximum Gasteiger partial charge on any atom is 0.293 e. The summed E-state index contributed by atoms with van der Waals surface area (Å²) >= 11 is 0. The number of nitrogens with two attached hydrogens (primary N) is 1. The number of nitro groups is 1. The molecule has 0 spiro atoms. The lowest BCUT2D eigenvalue weighted by Crippen LogP contribution is -2.15. The minimum Gasteiger partial charge on any atom is -0.373 e. The molecule has 0 bridgehead atoms. The highest BCUT2D eigenvalue weighted by Gasteiger charge is 2.20. The van der Waals surface area contributed by atoms with Crippen molar-refractivity contribution in [2.24, 2.45) is 11.7 Å². The van der Waals surface area contributed by atoms with Gasteiger partial charge in [0.05, 0.1) is 11.0 Å². The molecule has 0 aliphatic carbocycles. The van der Waals surface area contributed by atoms with Crippen LogP contribution in [0.25, 0.3) is 0 Å². The number of benzene rings is 2. The van der Waals surface area contributed by atoms with Crippen molar-refractivity contribution in [3.8, 4) is 0 Å². The Bertz CT molecular complexity index is 730. The van der Waals surface area contributed by atoms with Crippen molar-refractivity contribution >= 4 is 17.3 Å². The van der Waals surface area contributed by atoms with Gasteiger partial charge in [-0.1, -0.05) is 44.2 Å². The molecule has 0 saturated carbocycles. The zero-order valence-corrected chi connectivity index (χ0v) is 13.7. The number of hydrogen-bond donors (Lipinski definition) is 2. The summed E-state index contributed by atoms with van der Waals surface area (Å²) in [5, 5.41) is 14.6. The number of amides is 1. The van der Waals surface area contributed by atoms with Gasteiger partial charge in [-0.05, 0) is 30.0 Å². The number of hydrogen-bond acceptors (Lipinski definition) is 4. The maximum atomic E-state index is 11.4. The molecule has 24 heavy (non-hydrogen) atoms. The number of rotatable bonds is 7. The number of primary amides is 1. The fourth-order valence-corrected chi connectivity index (χ4v) is 2.58. The smallest absolute Gasteiger partial charge is 0.293 e. The SMILES string of the molecule is CC(C)C[C@@H](Nc1ccc(C(N)=O)cc1[N+](=O)[O-])c1ccccc1. The number of nitro benzene ring substituents is 1. The van der Waals surface area contributed by atoms with Gasteiger partial charge in [-0.25, -0.2) is 0 Å². The number of carbonyl (C=O) groups is 1. The summed E-state index contributed by atoms with van der Waals surface area (Å²) < 4.78 is 0. The molecule has 126 valence electrons. The molecule has 6 heteroatoms. The molecule has 0 aliphatic heterocycles. The van der Waals surface area contributed by atoms with Crippen LogP contribution in [0.4, 0.5) is 11.4 Å². The van der Waals surface area contributed by atoms with Crippen molar-refractivity contribution in [1.29, 1.82) is 0 Å². The molecule has 6 nitrogen and oxygen atoms in total. The van der Waals surface area contributed by atoms with Crippen LogP contribution in [0.3, 0.4) is 0 Å². The van der Waals surface area contributed by atoms with Gasteiger partial charge in [0, 0.05) is 11.6 Å². The molecule has 0 fully saturated rings. The van der Waals surface area contributed by atoms with E-state index in [1.54, 1.807) is 0 Å². The highest BCUT2D eigenvalue weighted by Crippen LogP contribution is 2.32. The zero-order chi connectivity index (χ0) is 17.7. The summed E-state index contributed by atoms with van der Waals surface area (Å²) in [4.78, 5) is 22.1. The number of anilines is 1. The van der Waals surface area contributed by atoms with Gasteiger partial charge in [0.2, 0.25) is 5.91 Å². The van der Waals surface area contributed by atoms with Gasteiger partial charge in [-0.2, -0.15) is 0 Å². The van der Waals surface area contributed by atoms with E-state index in [-0.39, 0.29) is 17.3 Å². The van der Waals surface area contributed by atoms with Crippen molar-refractivity contribution in [1.82, 2.24) is 0 Å². The van der Waals surface area contributed by atoms with Crippen LogP contribution >= 0.6 is 0 Å². The summed E-state index contributed by atoms with van der Waals surface area (Å²) in [5.74, 6) is -0.280. The normalized spacial score (nSPS) is 12.0. The first-order valence-electron chi connectivity index (χ1n) is 7.78. The molecule has 2 aromatic rings. The van der Waals surface area contributed by atoms with Gasteiger partial charge >= 0.3 is 0 Å². The van der Waals surface area contributed by atoms with Crippen molar-refractivity contribution in [2.45, 2.75) is 26.3 Å². The Morgan fingerprint density at radius 1 is 1.21 bits per heavy atom. The third-order valence-corrected chi connectivity index (χ3v) is 3.72. The lowest BCUT2D eigenvalue weighted by atomic mass is 9.96. The Labute approximate surface area is 140 Å². The molecule has 0 heterocycles. The van der Waals surface area contributed by atoms with Gasteiger partial charge in [0.25, 0.3) is 5.69 Å². The Morgan fingerprint density at radius 2 is 1.88 bits per heavy atom. The summed E-state index contributed by atoms with van der Waals surface area (Å²) in [7, 11) is 0. The number of carbonyl (C=O) groups excluding carboxylic acids is 1. The summed E-state index contributed by atoms with van der Waals surface area (Å²) in [6.45, 7) is 4.20. The Morgan fingerprint density at radius 3 is 2.42 bits per heavy atom. The van der Waals surface area contributed by atoms with Crippen LogP contribution in [-0.4, -0.2) is 10.8 Å². The topological polar surface area (TPSA) is 98.3 Å². The average Bonchev–Trinajstić information content (AvgIpc) is 2.54. The van der Waals surface area contributed by atoms with Gasteiger partial charge in [-0.3, -0.25) is 14.9 Å². The fraction of sp³-hybridized carbons (Fsp3) is 0.278. The lowest BCUT2D eigenvalue weighted by molar-refractivity contribution is -0.384. The average molecular weight is 327 g/mol. The van der Waals surface area contributed by atoms with Crippen LogP contribution in [0.15, 0.2) is 48.5 Å². The molecule has 2 aromatic carbocycles. The molecule has 0 aromatic heterocycles. The van der Waals surface area contributed by atoms with E-state index in [2.05, 4.69) is 19.2 Å². The van der Waals surface area contributed by atoms with E-state index >= 15 is 0 Å². The van der Waals surface area contributed by atoms with Gasteiger partial charge in [0.1, 0.15) is 5.69 Å². The van der Waals surface area contributed by atoms with Crippen LogP contribution in [0.1, 0.15) is 42.2 Å². The summed E-state index contributed by atoms with van der Waals surface area (Å²) in [6, 6.07) is 14.0. The number of nitrogens with one attached hydrogen (secondary N) is 1. The van der Waals surface area contributed by atoms with Gasteiger partial charge in [-0.15, -0.1) is 0 Å². The Kier molecular flexibility index (Phi) is 5.52. The summed E-state index contributed by atoms with van der Waals surface area (Å²) in [5.41, 5.74) is 6.60. The molecule has 0 unspecified atom stereocenters. The van der Waals surface area contributed by atoms with E-state index in [4.69, 9.17) is 5.73 Å². The molecule has 3 N–H and O–H groups in total. The van der Waals surface area contributed by atoms with Crippen LogP contribution < -0.4 is 11.1 Å². The first kappa shape index (κ1) is 17.5. The third-order valence-electron chi connectivity index (χ3n) is 3.72. The van der Waals surface area contributed by atoms with Crippen LogP contribution in [0, 0.1) is 16.0 Å². The largest absolute Gasteiger partial charge is 0.373 e. The van der Waals surface area contributed by atoms with E-state index in [9.17, 15) is 14.9 Å². The molecular weight excluding hydrogens is 306 g/mol. The predicted octanol–water partition coefficient (Wildman–Crippen LogP) is 3.89. The van der Waals surface area contributed by atoms with Crippen LogP contribution in [0.5, 0.6) is 0 Å². The standard InChI is InChI=1S/C18H21N3O3/c1-12(2)10-16(13-6-4-3-5-7-13)20-15-9-8-14(18(19)22)11-17(15)21(23)24/h3-9,11-12,16,20H,10H2,1-2H3,(H2,19,22)/t16-/m1/s1. The van der Waals surface area contributed by atoms with Crippen molar-refractivity contribution in [3.05, 3.63) is 69.8 Å². The number of nitrogens with zero attached hydrogens (tertiary/aromatic N) is 1. The highest BCUT2D eigenvalue weighted by atomic mass is 16.6. The molecular formula is C18H21N3O3. The molecule has 0 aliphatic rings. The van der Waals surface area contributed by atoms with Crippen LogP contribution in [-0.2, 0) is 0 Å². The van der Waals surface area contributed by atoms with Gasteiger partial charge in [0.15, 0.2) is 0 Å². The molecule has 2 rings (SSSR count). The lowest BCUT2D eigenvalue weighted by Gasteiger charge is -2.22. The van der Waals surface area contributed by atoms with Crippen LogP contribution in [0.2, 0.25) is 0 Å². The first-order valence-corrected chi connectivity index (χ1v) is 7.78. The highest BCUT2D eigenvalue weighted by molar-refractivity contribution is 5.94. The Hall–Kier alpha value is -2.89. The third kappa shape index (κ3) is 4.32. The maximum absolute atomic E-state index is 11.4. The second kappa shape index (κ2) is 7.59. The quantitative estimate of drug-likeness (QED) is 0.595. The predicted molar refractivity (Wildman–Crippen MR) is 93.9 cm³/mol. The van der Waals surface area contributed by atoms with E-state index in [1.165, 1.54) is 18.2 Å². The molecule has 1 atom stereocenters. The van der Waals surface area contributed by atoms with Gasteiger partial charge < -0.3 is 11.1 Å². The first-order chi connectivity index (χ1) is 11.4. The van der Waals surface area contributed by atoms with E-state index in [0.717, 1.165) is 12.0 Å². The van der Waals surface area contributed by atoms with Crippen molar-refractivity contribution < 1.29 is 9.72 Å². The Balaban J connectivity index is 2.38. The van der Waals surface area contributed by atoms with E-state index in [0.29, 0.717) is 11.6 Å². The second-order valence-electron chi connectivity index (χ2n) is 6.09. The molecule has 0 radical (unpaired) electrons. The molecule has 0 saturated heterocycles. The van der Waals surface area contributed by atoms with Crippen molar-refractivity contribution in [3.63, 3.8) is 0 Å². The van der Waals surface area contributed by atoms with E-state index in [1.807, 2.05) is 30.3 Å². The molecule has 1 amide bonds. The fourth-order valence-electron chi connectivity index (χ4n) is 2.58. The minimum atomic E-state index is -0.688. The van der Waals surface area contributed by atoms with Crippen molar-refractivity contribution in [2.75, 3.05) is 5.32 Å². The summed E-state index contributed by atoms with van der Waals surface area (Å²) in [6.07, 6.45) is 0.818. The second-order valence-corrected chi connectivity index (χ2v) is 6.09. The minimum absolute atomic E-state index is 0.0654.